The van der Waals surface area contributed by atoms with Crippen LogP contribution in [0.1, 0.15) is 79.1 Å². The zero-order valence-corrected chi connectivity index (χ0v) is 23.1. The van der Waals surface area contributed by atoms with Gasteiger partial charge in [-0.2, -0.15) is 0 Å². The van der Waals surface area contributed by atoms with Gasteiger partial charge >= 0.3 is 5.97 Å². The lowest BCUT2D eigenvalue weighted by molar-refractivity contribution is -0.209. The first kappa shape index (κ1) is 26.7. The zero-order chi connectivity index (χ0) is 25.4. The number of aliphatic hydroxyl groups excluding tert-OH is 2. The van der Waals surface area contributed by atoms with Gasteiger partial charge in [0.05, 0.1) is 6.10 Å². The molecule has 0 aromatic carbocycles. The van der Waals surface area contributed by atoms with Crippen molar-refractivity contribution in [3.05, 3.63) is 0 Å². The number of aliphatic hydroxyl groups is 2. The molecule has 0 spiro atoms. The van der Waals surface area contributed by atoms with E-state index in [1.807, 2.05) is 0 Å². The number of hydrogen-bond donors (Lipinski definition) is 3. The van der Waals surface area contributed by atoms with Crippen LogP contribution in [0.25, 0.3) is 0 Å². The van der Waals surface area contributed by atoms with E-state index in [1.54, 1.807) is 0 Å². The summed E-state index contributed by atoms with van der Waals surface area (Å²) in [4.78, 5) is 11.2. The Hall–Kier alpha value is -0.350. The quantitative estimate of drug-likeness (QED) is 0.529. The van der Waals surface area contributed by atoms with Crippen LogP contribution in [-0.2, 0) is 4.79 Å². The molecule has 0 heterocycles. The van der Waals surface area contributed by atoms with E-state index in [1.165, 1.54) is 19.3 Å². The van der Waals surface area contributed by atoms with Crippen LogP contribution >= 0.6 is 0 Å². The first-order chi connectivity index (χ1) is 15.6. The lowest BCUT2D eigenvalue weighted by atomic mass is 9.23. The van der Waals surface area contributed by atoms with E-state index in [-0.39, 0.29) is 45.8 Å². The van der Waals surface area contributed by atoms with Crippen molar-refractivity contribution in [2.75, 3.05) is 0 Å². The highest BCUT2D eigenvalue weighted by atomic mass is 16.4. The van der Waals surface area contributed by atoms with E-state index < -0.39 is 5.97 Å². The molecule has 0 amide bonds. The second-order valence-corrected chi connectivity index (χ2v) is 14.9. The molecule has 4 fully saturated rings. The molecule has 0 aromatic rings. The Kier molecular flexibility index (Phi) is 6.76. The number of carbonyl (C=O) groups is 1. The van der Waals surface area contributed by atoms with E-state index in [4.69, 9.17) is 0 Å². The van der Waals surface area contributed by atoms with Crippen molar-refractivity contribution in [3.63, 3.8) is 0 Å². The van der Waals surface area contributed by atoms with Crippen molar-refractivity contribution in [1.29, 1.82) is 0 Å². The Morgan fingerprint density at radius 2 is 1.65 bits per heavy atom. The molecule has 3 N–H and O–H groups in total. The third-order valence-corrected chi connectivity index (χ3v) is 12.3. The molecule has 0 aromatic heterocycles. The van der Waals surface area contributed by atoms with Gasteiger partial charge in [-0.1, -0.05) is 51.0 Å². The standard InChI is InChI=1S/C26H48B4O4/c1-5-14-20(33)19-16-8-7-15(13(2)6-9-18(31)32)23(16,3)11-10-17(19)24(4)12-25(27,28)22(34)26(29,30)21(14)24/h13-17,19-22,33-34H,5-12,27-30H2,1-4H3,(H,31,32)/t13-,14+,15?,16?,17?,19?,20-,21+,22-,23-,24-/m1/s1. The van der Waals surface area contributed by atoms with E-state index >= 15 is 0 Å². The zero-order valence-electron chi connectivity index (χ0n) is 23.1. The number of aliphatic carboxylic acids is 1. The third kappa shape index (κ3) is 3.70. The number of carboxylic acids is 1. The summed E-state index contributed by atoms with van der Waals surface area (Å²) < 4.78 is 0. The average Bonchev–Trinajstić information content (AvgIpc) is 3.09. The van der Waals surface area contributed by atoms with Crippen LogP contribution in [0.15, 0.2) is 0 Å². The maximum atomic E-state index is 12.1. The highest BCUT2D eigenvalue weighted by molar-refractivity contribution is 6.45. The maximum absolute atomic E-state index is 12.1. The number of hydrogen-bond acceptors (Lipinski definition) is 3. The number of carboxylic acid groups (broad SMARTS) is 1. The molecule has 188 valence electrons. The summed E-state index contributed by atoms with van der Waals surface area (Å²) in [6, 6.07) is 0. The summed E-state index contributed by atoms with van der Waals surface area (Å²) in [5, 5.41) is 32.4. The summed E-state index contributed by atoms with van der Waals surface area (Å²) in [6.07, 6.45) is 7.03. The van der Waals surface area contributed by atoms with E-state index in [0.29, 0.717) is 35.5 Å². The predicted molar refractivity (Wildman–Crippen MR) is 148 cm³/mol. The van der Waals surface area contributed by atoms with E-state index in [9.17, 15) is 20.1 Å². The molecule has 4 nitrogen and oxygen atoms in total. The highest BCUT2D eigenvalue weighted by Crippen LogP contribution is 2.74. The smallest absolute Gasteiger partial charge is 0.303 e. The summed E-state index contributed by atoms with van der Waals surface area (Å²) in [6.45, 7) is 9.50. The summed E-state index contributed by atoms with van der Waals surface area (Å²) in [7, 11) is 9.04. The van der Waals surface area contributed by atoms with Gasteiger partial charge in [0.25, 0.3) is 0 Å². The van der Waals surface area contributed by atoms with Gasteiger partial charge in [-0.15, -0.1) is 0 Å². The van der Waals surface area contributed by atoms with Crippen molar-refractivity contribution in [2.45, 2.75) is 102 Å². The monoisotopic (exact) mass is 468 g/mol. The van der Waals surface area contributed by atoms with Crippen LogP contribution in [-0.4, -0.2) is 64.9 Å². The SMILES string of the molecule is BC1(B)C[C@]2(C)C3CC[C@@]4(C)C(CCC4[C@H](C)CCC(=O)O)C3[C@H](O)[C@H](CC)[C@@H]2C(B)(B)[C@@H]1O. The van der Waals surface area contributed by atoms with Gasteiger partial charge in [-0.3, -0.25) is 4.79 Å². The molecule has 11 atom stereocenters. The first-order valence-corrected chi connectivity index (χ1v) is 14.2. The molecule has 0 saturated heterocycles. The molecule has 4 aliphatic rings. The van der Waals surface area contributed by atoms with Crippen molar-refractivity contribution < 1.29 is 20.1 Å². The van der Waals surface area contributed by atoms with Gasteiger partial charge in [0.2, 0.25) is 0 Å². The second-order valence-electron chi connectivity index (χ2n) is 14.9. The summed E-state index contributed by atoms with van der Waals surface area (Å²) >= 11 is 0. The fourth-order valence-electron chi connectivity index (χ4n) is 11.5. The molecule has 4 aliphatic carbocycles. The van der Waals surface area contributed by atoms with Gasteiger partial charge in [0, 0.05) is 12.5 Å². The normalized spacial score (nSPS) is 49.9. The van der Waals surface area contributed by atoms with Gasteiger partial charge in [-0.05, 0) is 84.4 Å². The molecule has 8 heteroatoms. The minimum Gasteiger partial charge on any atom is -0.481 e. The topological polar surface area (TPSA) is 77.8 Å². The van der Waals surface area contributed by atoms with Crippen LogP contribution in [0, 0.1) is 52.3 Å². The average molecular weight is 468 g/mol. The van der Waals surface area contributed by atoms with Crippen molar-refractivity contribution in [1.82, 2.24) is 0 Å². The van der Waals surface area contributed by atoms with Crippen LogP contribution < -0.4 is 0 Å². The molecule has 0 radical (unpaired) electrons. The Morgan fingerprint density at radius 1 is 1.03 bits per heavy atom. The first-order valence-electron chi connectivity index (χ1n) is 14.2. The summed E-state index contributed by atoms with van der Waals surface area (Å²) in [5.41, 5.74) is 0.311. The van der Waals surface area contributed by atoms with Gasteiger partial charge in [0.1, 0.15) is 31.4 Å². The molecular weight excluding hydrogens is 420 g/mol. The lowest BCUT2D eigenvalue weighted by Gasteiger charge is -2.71. The number of fused-ring (bicyclic) bond motifs is 5. The second kappa shape index (κ2) is 8.61. The van der Waals surface area contributed by atoms with Crippen molar-refractivity contribution in [3.8, 4) is 0 Å². The molecule has 0 bridgehead atoms. The summed E-state index contributed by atoms with van der Waals surface area (Å²) in [5.74, 6) is 2.15. The van der Waals surface area contributed by atoms with Crippen LogP contribution in [0.4, 0.5) is 0 Å². The van der Waals surface area contributed by atoms with Crippen molar-refractivity contribution in [2.24, 2.45) is 52.3 Å². The van der Waals surface area contributed by atoms with E-state index in [0.717, 1.165) is 25.7 Å². The molecule has 34 heavy (non-hydrogen) atoms. The van der Waals surface area contributed by atoms with Crippen molar-refractivity contribution >= 4 is 37.4 Å². The molecule has 4 saturated carbocycles. The van der Waals surface area contributed by atoms with Crippen LogP contribution in [0.3, 0.4) is 0 Å². The van der Waals surface area contributed by atoms with Crippen LogP contribution in [0.2, 0.25) is 10.4 Å². The molecule has 4 rings (SSSR count). The van der Waals surface area contributed by atoms with E-state index in [2.05, 4.69) is 59.1 Å². The Labute approximate surface area is 211 Å². The van der Waals surface area contributed by atoms with Gasteiger partial charge in [0.15, 0.2) is 0 Å². The Balaban J connectivity index is 1.71. The fourth-order valence-corrected chi connectivity index (χ4v) is 11.5. The largest absolute Gasteiger partial charge is 0.481 e. The third-order valence-electron chi connectivity index (χ3n) is 12.3. The minimum absolute atomic E-state index is 0.116. The minimum atomic E-state index is -0.688. The predicted octanol–water partition coefficient (Wildman–Crippen LogP) is 1.10. The fraction of sp³-hybridized carbons (Fsp3) is 0.962. The van der Waals surface area contributed by atoms with Gasteiger partial charge < -0.3 is 15.3 Å². The Morgan fingerprint density at radius 3 is 2.24 bits per heavy atom. The Bertz CT molecular complexity index is 806. The molecule has 0 aliphatic heterocycles. The number of rotatable bonds is 5. The van der Waals surface area contributed by atoms with Gasteiger partial charge in [-0.25, -0.2) is 0 Å². The molecular formula is C26H48B4O4. The maximum Gasteiger partial charge on any atom is 0.303 e. The lowest BCUT2D eigenvalue weighted by Crippen LogP contribution is -2.68. The highest BCUT2D eigenvalue weighted by Gasteiger charge is 2.69. The van der Waals surface area contributed by atoms with Crippen LogP contribution in [0.5, 0.6) is 0 Å². The molecule has 4 unspecified atom stereocenters.